The van der Waals surface area contributed by atoms with Crippen LogP contribution in [0.15, 0.2) is 30.3 Å². The zero-order chi connectivity index (χ0) is 16.1. The van der Waals surface area contributed by atoms with E-state index in [4.69, 9.17) is 11.6 Å². The molecule has 22 heavy (non-hydrogen) atoms. The van der Waals surface area contributed by atoms with Gasteiger partial charge in [0.1, 0.15) is 0 Å². The molecule has 1 aliphatic rings. The first-order valence-corrected chi connectivity index (χ1v) is 8.28. The Morgan fingerprint density at radius 3 is 2.32 bits per heavy atom. The number of fused-ring (bicyclic) bond motifs is 1. The lowest BCUT2D eigenvalue weighted by molar-refractivity contribution is 0.286. The number of benzene rings is 1. The Balaban J connectivity index is 2.11. The van der Waals surface area contributed by atoms with E-state index in [9.17, 15) is 0 Å². The normalized spacial score (nSPS) is 19.3. The molecule has 1 aromatic heterocycles. The lowest BCUT2D eigenvalue weighted by Crippen LogP contribution is -2.31. The zero-order valence-electron chi connectivity index (χ0n) is 14.2. The molecule has 0 aliphatic carbocycles. The Labute approximate surface area is 138 Å². The van der Waals surface area contributed by atoms with Gasteiger partial charge in [-0.15, -0.1) is 0 Å². The number of hydrogen-bond donors (Lipinski definition) is 0. The highest BCUT2D eigenvalue weighted by atomic mass is 35.5. The zero-order valence-corrected chi connectivity index (χ0v) is 14.9. The lowest BCUT2D eigenvalue weighted by atomic mass is 9.86. The molecule has 2 nitrogen and oxygen atoms in total. The number of nitrogens with zero attached hydrogens (tertiary/aromatic N) is 2. The van der Waals surface area contributed by atoms with Crippen molar-refractivity contribution < 1.29 is 0 Å². The second kappa shape index (κ2) is 5.43. The van der Waals surface area contributed by atoms with Crippen LogP contribution >= 0.6 is 11.6 Å². The van der Waals surface area contributed by atoms with Gasteiger partial charge in [0, 0.05) is 47.9 Å². The van der Waals surface area contributed by atoms with E-state index in [2.05, 4.69) is 62.5 Å². The van der Waals surface area contributed by atoms with E-state index in [1.165, 1.54) is 22.5 Å². The van der Waals surface area contributed by atoms with E-state index in [1.54, 1.807) is 0 Å². The Bertz CT molecular complexity index is 677. The molecule has 0 saturated carbocycles. The van der Waals surface area contributed by atoms with Crippen LogP contribution in [0.3, 0.4) is 0 Å². The van der Waals surface area contributed by atoms with Crippen molar-refractivity contribution in [1.82, 2.24) is 9.47 Å². The van der Waals surface area contributed by atoms with Gasteiger partial charge in [0.15, 0.2) is 0 Å². The molecule has 0 spiro atoms. The molecule has 1 aromatic carbocycles. The minimum Gasteiger partial charge on any atom is -0.350 e. The van der Waals surface area contributed by atoms with E-state index in [0.717, 1.165) is 18.1 Å². The van der Waals surface area contributed by atoms with Crippen LogP contribution in [-0.2, 0) is 19.0 Å². The van der Waals surface area contributed by atoms with Gasteiger partial charge in [0.05, 0.1) is 0 Å². The van der Waals surface area contributed by atoms with Gasteiger partial charge in [-0.25, -0.2) is 0 Å². The SMILES string of the molecule is CN1Cc2c(cc(C(C)(C)C)n2C)C(c2ccc(Cl)cc2)C1. The van der Waals surface area contributed by atoms with E-state index in [-0.39, 0.29) is 5.41 Å². The summed E-state index contributed by atoms with van der Waals surface area (Å²) < 4.78 is 2.40. The molecule has 0 bridgehead atoms. The van der Waals surface area contributed by atoms with Crippen molar-refractivity contribution in [2.24, 2.45) is 7.05 Å². The lowest BCUT2D eigenvalue weighted by Gasteiger charge is -2.31. The first-order chi connectivity index (χ1) is 10.3. The second-order valence-corrected chi connectivity index (χ2v) is 7.98. The average molecular weight is 317 g/mol. The van der Waals surface area contributed by atoms with Crippen molar-refractivity contribution in [3.63, 3.8) is 0 Å². The number of hydrogen-bond acceptors (Lipinski definition) is 1. The predicted octanol–water partition coefficient (Wildman–Crippen LogP) is 4.55. The maximum absolute atomic E-state index is 6.05. The van der Waals surface area contributed by atoms with Gasteiger partial charge >= 0.3 is 0 Å². The van der Waals surface area contributed by atoms with E-state index in [0.29, 0.717) is 5.92 Å². The summed E-state index contributed by atoms with van der Waals surface area (Å²) in [5, 5.41) is 0.802. The fourth-order valence-corrected chi connectivity index (χ4v) is 3.72. The van der Waals surface area contributed by atoms with Crippen molar-refractivity contribution in [2.45, 2.75) is 38.6 Å². The van der Waals surface area contributed by atoms with Crippen LogP contribution in [0.4, 0.5) is 0 Å². The summed E-state index contributed by atoms with van der Waals surface area (Å²) in [6.45, 7) is 8.94. The summed E-state index contributed by atoms with van der Waals surface area (Å²) in [6, 6.07) is 10.7. The van der Waals surface area contributed by atoms with Gasteiger partial charge in [-0.3, -0.25) is 4.90 Å². The van der Waals surface area contributed by atoms with Crippen molar-refractivity contribution in [1.29, 1.82) is 0 Å². The molecular weight excluding hydrogens is 292 g/mol. The fourth-order valence-electron chi connectivity index (χ4n) is 3.60. The Hall–Kier alpha value is -1.25. The van der Waals surface area contributed by atoms with Gasteiger partial charge in [0.25, 0.3) is 0 Å². The van der Waals surface area contributed by atoms with Crippen molar-refractivity contribution in [2.75, 3.05) is 13.6 Å². The van der Waals surface area contributed by atoms with E-state index in [1.807, 2.05) is 12.1 Å². The summed E-state index contributed by atoms with van der Waals surface area (Å²) in [5.74, 6) is 0.424. The van der Waals surface area contributed by atoms with E-state index >= 15 is 0 Å². The highest BCUT2D eigenvalue weighted by Crippen LogP contribution is 2.37. The molecule has 2 aromatic rings. The largest absolute Gasteiger partial charge is 0.350 e. The summed E-state index contributed by atoms with van der Waals surface area (Å²) >= 11 is 6.05. The van der Waals surface area contributed by atoms with Crippen molar-refractivity contribution >= 4 is 11.6 Å². The summed E-state index contributed by atoms with van der Waals surface area (Å²) in [4.78, 5) is 2.41. The topological polar surface area (TPSA) is 8.17 Å². The number of halogens is 1. The first kappa shape index (κ1) is 15.6. The van der Waals surface area contributed by atoms with Crippen LogP contribution in [0, 0.1) is 0 Å². The predicted molar refractivity (Wildman–Crippen MR) is 93.7 cm³/mol. The van der Waals surface area contributed by atoms with Crippen LogP contribution in [0.5, 0.6) is 0 Å². The van der Waals surface area contributed by atoms with Crippen LogP contribution in [0.25, 0.3) is 0 Å². The molecule has 0 N–H and O–H groups in total. The highest BCUT2D eigenvalue weighted by molar-refractivity contribution is 6.30. The Kier molecular flexibility index (Phi) is 3.86. The summed E-state index contributed by atoms with van der Waals surface area (Å²) in [6.07, 6.45) is 0. The molecule has 1 unspecified atom stereocenters. The monoisotopic (exact) mass is 316 g/mol. The molecule has 3 rings (SSSR count). The molecule has 3 heteroatoms. The quantitative estimate of drug-likeness (QED) is 0.749. The van der Waals surface area contributed by atoms with Crippen LogP contribution in [-0.4, -0.2) is 23.1 Å². The number of aromatic nitrogens is 1. The molecule has 118 valence electrons. The third-order valence-electron chi connectivity index (χ3n) is 4.72. The van der Waals surface area contributed by atoms with Crippen molar-refractivity contribution in [3.05, 3.63) is 57.9 Å². The van der Waals surface area contributed by atoms with Crippen molar-refractivity contribution in [3.8, 4) is 0 Å². The molecule has 1 aliphatic heterocycles. The summed E-state index contributed by atoms with van der Waals surface area (Å²) in [7, 11) is 4.41. The number of likely N-dealkylation sites (N-methyl/N-ethyl adjacent to an activating group) is 1. The fraction of sp³-hybridized carbons (Fsp3) is 0.474. The van der Waals surface area contributed by atoms with Crippen LogP contribution in [0.1, 0.15) is 49.2 Å². The molecule has 0 radical (unpaired) electrons. The third kappa shape index (κ3) is 2.70. The molecule has 2 heterocycles. The van der Waals surface area contributed by atoms with Gasteiger partial charge in [-0.1, -0.05) is 44.5 Å². The molecule has 1 atom stereocenters. The van der Waals surface area contributed by atoms with Gasteiger partial charge in [0.2, 0.25) is 0 Å². The van der Waals surface area contributed by atoms with Crippen LogP contribution < -0.4 is 0 Å². The molecule has 0 fully saturated rings. The maximum atomic E-state index is 6.05. The molecular formula is C19H25ClN2. The minimum absolute atomic E-state index is 0.162. The van der Waals surface area contributed by atoms with Gasteiger partial charge in [-0.2, -0.15) is 0 Å². The van der Waals surface area contributed by atoms with Gasteiger partial charge < -0.3 is 4.57 Å². The smallest absolute Gasteiger partial charge is 0.0406 e. The Morgan fingerprint density at radius 2 is 1.73 bits per heavy atom. The standard InChI is InChI=1S/C19H25ClN2/c1-19(2,3)18-10-15-16(13-6-8-14(20)9-7-13)11-21(4)12-17(15)22(18)5/h6-10,16H,11-12H2,1-5H3. The number of rotatable bonds is 1. The Morgan fingerprint density at radius 1 is 1.09 bits per heavy atom. The minimum atomic E-state index is 0.162. The van der Waals surface area contributed by atoms with Gasteiger partial charge in [-0.05, 0) is 36.4 Å². The second-order valence-electron chi connectivity index (χ2n) is 7.54. The molecule has 0 saturated heterocycles. The third-order valence-corrected chi connectivity index (χ3v) is 4.97. The maximum Gasteiger partial charge on any atom is 0.0406 e. The average Bonchev–Trinajstić information content (AvgIpc) is 2.76. The highest BCUT2D eigenvalue weighted by Gasteiger charge is 2.31. The van der Waals surface area contributed by atoms with E-state index < -0.39 is 0 Å². The summed E-state index contributed by atoms with van der Waals surface area (Å²) in [5.41, 5.74) is 5.84. The first-order valence-electron chi connectivity index (χ1n) is 7.90. The van der Waals surface area contributed by atoms with Crippen LogP contribution in [0.2, 0.25) is 5.02 Å². The molecule has 0 amide bonds.